The van der Waals surface area contributed by atoms with Crippen molar-refractivity contribution in [1.29, 1.82) is 0 Å². The second-order valence-corrected chi connectivity index (χ2v) is 4.51. The van der Waals surface area contributed by atoms with E-state index in [9.17, 15) is 19.2 Å². The van der Waals surface area contributed by atoms with Crippen molar-refractivity contribution in [1.82, 2.24) is 10.6 Å². The molecule has 8 nitrogen and oxygen atoms in total. The summed E-state index contributed by atoms with van der Waals surface area (Å²) < 4.78 is 9.66. The normalized spacial score (nSPS) is 16.8. The van der Waals surface area contributed by atoms with Crippen molar-refractivity contribution >= 4 is 23.9 Å². The van der Waals surface area contributed by atoms with Crippen LogP contribution in [0.3, 0.4) is 0 Å². The first-order valence-electron chi connectivity index (χ1n) is 6.52. The van der Waals surface area contributed by atoms with Gasteiger partial charge in [-0.05, 0) is 5.56 Å². The number of rotatable bonds is 5. The zero-order valence-corrected chi connectivity index (χ0v) is 11.5. The summed E-state index contributed by atoms with van der Waals surface area (Å²) in [7, 11) is 0. The van der Waals surface area contributed by atoms with Gasteiger partial charge < -0.3 is 14.8 Å². The van der Waals surface area contributed by atoms with Crippen LogP contribution in [0.15, 0.2) is 30.3 Å². The molecule has 1 atom stereocenters. The Hall–Kier alpha value is -2.90. The lowest BCUT2D eigenvalue weighted by Gasteiger charge is -2.10. The van der Waals surface area contributed by atoms with Crippen molar-refractivity contribution in [3.8, 4) is 0 Å². The zero-order chi connectivity index (χ0) is 15.9. The summed E-state index contributed by atoms with van der Waals surface area (Å²) in [5, 5.41) is 4.21. The maximum Gasteiger partial charge on any atom is 0.407 e. The van der Waals surface area contributed by atoms with Crippen LogP contribution in [-0.2, 0) is 30.5 Å². The number of ether oxygens (including phenoxy) is 2. The van der Waals surface area contributed by atoms with E-state index in [1.54, 1.807) is 12.1 Å². The average Bonchev–Trinajstić information content (AvgIpc) is 2.82. The highest BCUT2D eigenvalue weighted by Gasteiger charge is 2.33. The highest BCUT2D eigenvalue weighted by molar-refractivity contribution is 6.05. The molecule has 1 aliphatic heterocycles. The van der Waals surface area contributed by atoms with Crippen LogP contribution in [0.2, 0.25) is 0 Å². The Labute approximate surface area is 125 Å². The van der Waals surface area contributed by atoms with E-state index in [-0.39, 0.29) is 13.0 Å². The van der Waals surface area contributed by atoms with Crippen LogP contribution in [0, 0.1) is 0 Å². The molecule has 1 saturated heterocycles. The Kier molecular flexibility index (Phi) is 5.07. The van der Waals surface area contributed by atoms with Crippen molar-refractivity contribution < 1.29 is 28.7 Å². The van der Waals surface area contributed by atoms with E-state index in [2.05, 4.69) is 5.32 Å². The summed E-state index contributed by atoms with van der Waals surface area (Å²) in [4.78, 5) is 45.0. The third kappa shape index (κ3) is 4.58. The Morgan fingerprint density at radius 1 is 1.23 bits per heavy atom. The SMILES string of the molecule is O=C1C[C@H](OC(=O)CNC(=O)OCc2ccccc2)C(=O)N1. The van der Waals surface area contributed by atoms with Gasteiger partial charge in [-0.2, -0.15) is 0 Å². The number of imide groups is 1. The summed E-state index contributed by atoms with van der Waals surface area (Å²) >= 11 is 0. The predicted octanol–water partition coefficient (Wildman–Crippen LogP) is -0.129. The first-order chi connectivity index (χ1) is 10.5. The Morgan fingerprint density at radius 3 is 2.59 bits per heavy atom. The van der Waals surface area contributed by atoms with Crippen molar-refractivity contribution in [2.75, 3.05) is 6.54 Å². The molecular weight excluding hydrogens is 292 g/mol. The number of carbonyl (C=O) groups is 4. The van der Waals surface area contributed by atoms with Gasteiger partial charge in [0.05, 0.1) is 6.42 Å². The number of esters is 1. The van der Waals surface area contributed by atoms with Gasteiger partial charge in [0.1, 0.15) is 13.2 Å². The molecule has 8 heteroatoms. The van der Waals surface area contributed by atoms with Crippen molar-refractivity contribution in [3.63, 3.8) is 0 Å². The van der Waals surface area contributed by atoms with E-state index in [0.29, 0.717) is 0 Å². The van der Waals surface area contributed by atoms with E-state index >= 15 is 0 Å². The smallest absolute Gasteiger partial charge is 0.407 e. The fraction of sp³-hybridized carbons (Fsp3) is 0.286. The molecule has 1 fully saturated rings. The lowest BCUT2D eigenvalue weighted by atomic mass is 10.2. The molecule has 0 spiro atoms. The first kappa shape index (κ1) is 15.5. The summed E-state index contributed by atoms with van der Waals surface area (Å²) in [5.41, 5.74) is 0.807. The summed E-state index contributed by atoms with van der Waals surface area (Å²) in [6.45, 7) is -0.382. The summed E-state index contributed by atoms with van der Waals surface area (Å²) in [6, 6.07) is 9.03. The first-order valence-corrected chi connectivity index (χ1v) is 6.52. The van der Waals surface area contributed by atoms with Gasteiger partial charge in [0.2, 0.25) is 5.91 Å². The lowest BCUT2D eigenvalue weighted by Crippen LogP contribution is -2.35. The van der Waals surface area contributed by atoms with Gasteiger partial charge in [0, 0.05) is 0 Å². The average molecular weight is 306 g/mol. The van der Waals surface area contributed by atoms with Crippen molar-refractivity contribution in [2.24, 2.45) is 0 Å². The van der Waals surface area contributed by atoms with Gasteiger partial charge >= 0.3 is 12.1 Å². The second-order valence-electron chi connectivity index (χ2n) is 4.51. The van der Waals surface area contributed by atoms with Crippen LogP contribution in [0.5, 0.6) is 0 Å². The quantitative estimate of drug-likeness (QED) is 0.579. The third-order valence-corrected chi connectivity index (χ3v) is 2.79. The van der Waals surface area contributed by atoms with Gasteiger partial charge in [-0.1, -0.05) is 30.3 Å². The molecule has 116 valence electrons. The molecule has 2 rings (SSSR count). The van der Waals surface area contributed by atoms with Crippen molar-refractivity contribution in [2.45, 2.75) is 19.1 Å². The van der Waals surface area contributed by atoms with Crippen LogP contribution in [-0.4, -0.2) is 36.5 Å². The van der Waals surface area contributed by atoms with Crippen LogP contribution in [0.1, 0.15) is 12.0 Å². The molecular formula is C14H14N2O6. The molecule has 1 aromatic carbocycles. The topological polar surface area (TPSA) is 111 Å². The van der Waals surface area contributed by atoms with Crippen LogP contribution < -0.4 is 10.6 Å². The number of hydrogen-bond acceptors (Lipinski definition) is 6. The van der Waals surface area contributed by atoms with E-state index < -0.39 is 36.5 Å². The fourth-order valence-electron chi connectivity index (χ4n) is 1.74. The third-order valence-electron chi connectivity index (χ3n) is 2.79. The highest BCUT2D eigenvalue weighted by atomic mass is 16.6. The molecule has 0 unspecified atom stereocenters. The van der Waals surface area contributed by atoms with Crippen molar-refractivity contribution in [3.05, 3.63) is 35.9 Å². The molecule has 2 N–H and O–H groups in total. The summed E-state index contributed by atoms with van der Waals surface area (Å²) in [5.74, 6) is -1.99. The van der Waals surface area contributed by atoms with Gasteiger partial charge in [-0.15, -0.1) is 0 Å². The minimum absolute atomic E-state index is 0.0707. The maximum atomic E-state index is 11.4. The van der Waals surface area contributed by atoms with E-state index in [1.807, 2.05) is 23.5 Å². The number of hydrogen-bond donors (Lipinski definition) is 2. The number of benzene rings is 1. The zero-order valence-electron chi connectivity index (χ0n) is 11.5. The monoisotopic (exact) mass is 306 g/mol. The fourth-order valence-corrected chi connectivity index (χ4v) is 1.74. The molecule has 0 saturated carbocycles. The van der Waals surface area contributed by atoms with E-state index in [0.717, 1.165) is 5.56 Å². The lowest BCUT2D eigenvalue weighted by molar-refractivity contribution is -0.152. The van der Waals surface area contributed by atoms with Gasteiger partial charge in [-0.25, -0.2) is 4.79 Å². The molecule has 1 heterocycles. The minimum Gasteiger partial charge on any atom is -0.450 e. The number of alkyl carbamates (subject to hydrolysis) is 1. The van der Waals surface area contributed by atoms with E-state index in [4.69, 9.17) is 9.47 Å². The van der Waals surface area contributed by atoms with Gasteiger partial charge in [0.25, 0.3) is 5.91 Å². The molecule has 0 aliphatic carbocycles. The highest BCUT2D eigenvalue weighted by Crippen LogP contribution is 2.06. The predicted molar refractivity (Wildman–Crippen MR) is 72.3 cm³/mol. The van der Waals surface area contributed by atoms with Gasteiger partial charge in [0.15, 0.2) is 6.10 Å². The second kappa shape index (κ2) is 7.21. The van der Waals surface area contributed by atoms with Crippen LogP contribution in [0.25, 0.3) is 0 Å². The molecule has 3 amide bonds. The summed E-state index contributed by atoms with van der Waals surface area (Å²) in [6.07, 6.45) is -2.13. The van der Waals surface area contributed by atoms with Crippen LogP contribution >= 0.6 is 0 Å². The number of carbonyl (C=O) groups excluding carboxylic acids is 4. The molecule has 1 aromatic rings. The maximum absolute atomic E-state index is 11.4. The Balaban J connectivity index is 1.66. The molecule has 1 aliphatic rings. The number of nitrogens with one attached hydrogen (secondary N) is 2. The molecule has 22 heavy (non-hydrogen) atoms. The standard InChI is InChI=1S/C14H14N2O6/c17-11-6-10(13(19)16-11)22-12(18)7-15-14(20)21-8-9-4-2-1-3-5-9/h1-5,10H,6-8H2,(H,15,20)(H,16,17,19)/t10-/m0/s1. The van der Waals surface area contributed by atoms with E-state index in [1.165, 1.54) is 0 Å². The largest absolute Gasteiger partial charge is 0.450 e. The molecule has 0 radical (unpaired) electrons. The molecule has 0 aromatic heterocycles. The van der Waals surface area contributed by atoms with Gasteiger partial charge in [-0.3, -0.25) is 19.7 Å². The Bertz CT molecular complexity index is 586. The Morgan fingerprint density at radius 2 is 1.95 bits per heavy atom. The van der Waals surface area contributed by atoms with Crippen LogP contribution in [0.4, 0.5) is 4.79 Å². The minimum atomic E-state index is -1.14. The number of amides is 3. The molecule has 0 bridgehead atoms.